The van der Waals surface area contributed by atoms with Crippen LogP contribution in [0.3, 0.4) is 0 Å². The first-order chi connectivity index (χ1) is 7.65. The Balaban J connectivity index is 2.72. The molecule has 96 valence electrons. The highest BCUT2D eigenvalue weighted by Gasteiger charge is 2.43. The van der Waals surface area contributed by atoms with Gasteiger partial charge in [0.1, 0.15) is 25.1 Å². The number of hydrogen-bond acceptors (Lipinski definition) is 5. The first kappa shape index (κ1) is 13.9. The molecule has 0 aromatic rings. The Morgan fingerprint density at radius 2 is 1.38 bits per heavy atom. The summed E-state index contributed by atoms with van der Waals surface area (Å²) in [5.41, 5.74) is 0. The molecule has 2 unspecified atom stereocenters. The highest BCUT2D eigenvalue weighted by atomic mass is 16.7. The Kier molecular flexibility index (Phi) is 5.64. The van der Waals surface area contributed by atoms with Gasteiger partial charge in [-0.15, -0.1) is 0 Å². The molecule has 0 saturated carbocycles. The molecule has 1 heterocycles. The van der Waals surface area contributed by atoms with Crippen LogP contribution in [0.1, 0.15) is 13.8 Å². The maximum Gasteiger partial charge on any atom is 0.146 e. The standard InChI is InChI=1S/C11H22O5/c1-7-9(13-4)11(15-6-12-3)10(14-5)8(2)16-7/h7-11H,6H2,1-5H3/t7-,8-,9-,10?,11?/m0/s1. The number of methoxy groups -OCH3 is 3. The summed E-state index contributed by atoms with van der Waals surface area (Å²) in [5.74, 6) is 0. The van der Waals surface area contributed by atoms with Gasteiger partial charge in [0, 0.05) is 21.3 Å². The van der Waals surface area contributed by atoms with Gasteiger partial charge in [-0.1, -0.05) is 0 Å². The maximum atomic E-state index is 5.73. The van der Waals surface area contributed by atoms with E-state index >= 15 is 0 Å². The molecule has 5 atom stereocenters. The largest absolute Gasteiger partial charge is 0.376 e. The van der Waals surface area contributed by atoms with E-state index in [1.54, 1.807) is 21.3 Å². The van der Waals surface area contributed by atoms with Crippen molar-refractivity contribution in [3.8, 4) is 0 Å². The SMILES string of the molecule is COCOC1C(OC)[C@H](C)O[C@@H](C)[C@@H]1OC. The molecule has 1 saturated heterocycles. The van der Waals surface area contributed by atoms with Gasteiger partial charge in [-0.25, -0.2) is 0 Å². The van der Waals surface area contributed by atoms with Crippen LogP contribution in [0, 0.1) is 0 Å². The second-order valence-corrected chi connectivity index (χ2v) is 3.98. The van der Waals surface area contributed by atoms with Gasteiger partial charge in [-0.2, -0.15) is 0 Å². The smallest absolute Gasteiger partial charge is 0.146 e. The summed E-state index contributed by atoms with van der Waals surface area (Å²) in [6.07, 6.45) is -0.497. The minimum Gasteiger partial charge on any atom is -0.376 e. The molecule has 0 bridgehead atoms. The second-order valence-electron chi connectivity index (χ2n) is 3.98. The van der Waals surface area contributed by atoms with Crippen LogP contribution in [-0.4, -0.2) is 58.6 Å². The van der Waals surface area contributed by atoms with E-state index in [1.165, 1.54) is 0 Å². The lowest BCUT2D eigenvalue weighted by Gasteiger charge is -2.43. The molecule has 0 amide bonds. The normalized spacial score (nSPS) is 39.9. The molecule has 1 rings (SSSR count). The molecular weight excluding hydrogens is 212 g/mol. The zero-order valence-corrected chi connectivity index (χ0v) is 10.6. The van der Waals surface area contributed by atoms with Gasteiger partial charge in [-0.05, 0) is 13.8 Å². The molecule has 0 radical (unpaired) electrons. The van der Waals surface area contributed by atoms with E-state index in [4.69, 9.17) is 23.7 Å². The lowest BCUT2D eigenvalue weighted by Crippen LogP contribution is -2.58. The summed E-state index contributed by atoms with van der Waals surface area (Å²) in [4.78, 5) is 0. The molecule has 16 heavy (non-hydrogen) atoms. The van der Waals surface area contributed by atoms with E-state index in [-0.39, 0.29) is 37.3 Å². The first-order valence-electron chi connectivity index (χ1n) is 5.47. The third-order valence-corrected chi connectivity index (χ3v) is 2.92. The van der Waals surface area contributed by atoms with Gasteiger partial charge >= 0.3 is 0 Å². The fourth-order valence-corrected chi connectivity index (χ4v) is 2.20. The first-order valence-corrected chi connectivity index (χ1v) is 5.47. The lowest BCUT2D eigenvalue weighted by molar-refractivity contribution is -0.254. The Hall–Kier alpha value is -0.200. The van der Waals surface area contributed by atoms with E-state index in [0.717, 1.165) is 0 Å². The summed E-state index contributed by atoms with van der Waals surface area (Å²) in [5, 5.41) is 0. The van der Waals surface area contributed by atoms with Crippen LogP contribution >= 0.6 is 0 Å². The van der Waals surface area contributed by atoms with Crippen LogP contribution in [0.4, 0.5) is 0 Å². The van der Waals surface area contributed by atoms with Crippen LogP contribution in [-0.2, 0) is 23.7 Å². The summed E-state index contributed by atoms with van der Waals surface area (Å²) in [6, 6.07) is 0. The van der Waals surface area contributed by atoms with Gasteiger partial charge < -0.3 is 23.7 Å². The van der Waals surface area contributed by atoms with Crippen molar-refractivity contribution in [3.63, 3.8) is 0 Å². The van der Waals surface area contributed by atoms with Gasteiger partial charge in [-0.3, -0.25) is 0 Å². The van der Waals surface area contributed by atoms with Crippen LogP contribution < -0.4 is 0 Å². The van der Waals surface area contributed by atoms with Crippen LogP contribution in [0.25, 0.3) is 0 Å². The van der Waals surface area contributed by atoms with E-state index in [0.29, 0.717) is 0 Å². The molecule has 5 nitrogen and oxygen atoms in total. The maximum absolute atomic E-state index is 5.73. The van der Waals surface area contributed by atoms with Gasteiger partial charge in [0.15, 0.2) is 0 Å². The molecule has 0 aromatic carbocycles. The highest BCUT2D eigenvalue weighted by molar-refractivity contribution is 4.91. The van der Waals surface area contributed by atoms with Gasteiger partial charge in [0.25, 0.3) is 0 Å². The van der Waals surface area contributed by atoms with E-state index < -0.39 is 0 Å². The Morgan fingerprint density at radius 3 is 1.75 bits per heavy atom. The van der Waals surface area contributed by atoms with Gasteiger partial charge in [0.05, 0.1) is 12.2 Å². The average molecular weight is 234 g/mol. The summed E-state index contributed by atoms with van der Waals surface area (Å²) >= 11 is 0. The van der Waals surface area contributed by atoms with Crippen LogP contribution in [0.5, 0.6) is 0 Å². The van der Waals surface area contributed by atoms with Crippen molar-refractivity contribution in [2.24, 2.45) is 0 Å². The Morgan fingerprint density at radius 1 is 0.875 bits per heavy atom. The molecule has 5 heteroatoms. The van der Waals surface area contributed by atoms with Crippen molar-refractivity contribution >= 4 is 0 Å². The minimum atomic E-state index is -0.173. The molecule has 0 aromatic heterocycles. The zero-order valence-electron chi connectivity index (χ0n) is 10.6. The van der Waals surface area contributed by atoms with Crippen molar-refractivity contribution in [2.75, 3.05) is 28.1 Å². The van der Waals surface area contributed by atoms with Crippen molar-refractivity contribution in [2.45, 2.75) is 44.4 Å². The van der Waals surface area contributed by atoms with Crippen molar-refractivity contribution in [3.05, 3.63) is 0 Å². The van der Waals surface area contributed by atoms with E-state index in [1.807, 2.05) is 13.8 Å². The van der Waals surface area contributed by atoms with E-state index in [9.17, 15) is 0 Å². The third kappa shape index (κ3) is 2.93. The van der Waals surface area contributed by atoms with Crippen molar-refractivity contribution < 1.29 is 23.7 Å². The fourth-order valence-electron chi connectivity index (χ4n) is 2.20. The number of ether oxygens (including phenoxy) is 5. The second kappa shape index (κ2) is 6.51. The number of hydrogen-bond donors (Lipinski definition) is 0. The monoisotopic (exact) mass is 234 g/mol. The topological polar surface area (TPSA) is 46.2 Å². The summed E-state index contributed by atoms with van der Waals surface area (Å²) in [6.45, 7) is 4.17. The average Bonchev–Trinajstić information content (AvgIpc) is 2.26. The summed E-state index contributed by atoms with van der Waals surface area (Å²) in [7, 11) is 4.89. The van der Waals surface area contributed by atoms with Crippen molar-refractivity contribution in [1.82, 2.24) is 0 Å². The fraction of sp³-hybridized carbons (Fsp3) is 1.00. The Bertz CT molecular complexity index is 183. The van der Waals surface area contributed by atoms with Crippen LogP contribution in [0.15, 0.2) is 0 Å². The zero-order chi connectivity index (χ0) is 12.1. The molecule has 1 aliphatic rings. The molecule has 0 aliphatic carbocycles. The molecule has 1 fully saturated rings. The highest BCUT2D eigenvalue weighted by Crippen LogP contribution is 2.26. The van der Waals surface area contributed by atoms with Gasteiger partial charge in [0.2, 0.25) is 0 Å². The predicted molar refractivity (Wildman–Crippen MR) is 58.4 cm³/mol. The number of rotatable bonds is 5. The molecule has 0 spiro atoms. The molecule has 1 aliphatic heterocycles. The minimum absolute atomic E-state index is 0.0201. The summed E-state index contributed by atoms with van der Waals surface area (Å²) < 4.78 is 27.1. The van der Waals surface area contributed by atoms with Crippen molar-refractivity contribution in [1.29, 1.82) is 0 Å². The van der Waals surface area contributed by atoms with Crippen LogP contribution in [0.2, 0.25) is 0 Å². The third-order valence-electron chi connectivity index (χ3n) is 2.92. The molecule has 0 N–H and O–H groups in total. The van der Waals surface area contributed by atoms with E-state index in [2.05, 4.69) is 0 Å². The predicted octanol–water partition coefficient (Wildman–Crippen LogP) is 0.813. The Labute approximate surface area is 97.0 Å². The quantitative estimate of drug-likeness (QED) is 0.659. The molecular formula is C11H22O5. The lowest BCUT2D eigenvalue weighted by atomic mass is 9.96.